The number of carbonyl (C=O) groups is 2. The predicted molar refractivity (Wildman–Crippen MR) is 148 cm³/mol. The normalized spacial score (nSPS) is 14.8. The van der Waals surface area contributed by atoms with E-state index >= 15 is 0 Å². The second-order valence-electron chi connectivity index (χ2n) is 10.7. The van der Waals surface area contributed by atoms with Crippen LogP contribution in [0.3, 0.4) is 0 Å². The summed E-state index contributed by atoms with van der Waals surface area (Å²) in [5.74, 6) is -0.723. The number of hydrogen-bond acceptors (Lipinski definition) is 4. The third-order valence-corrected chi connectivity index (χ3v) is 7.87. The van der Waals surface area contributed by atoms with Crippen LogP contribution in [0.5, 0.6) is 0 Å². The Morgan fingerprint density at radius 2 is 1.32 bits per heavy atom. The zero-order valence-electron chi connectivity index (χ0n) is 21.9. The third-order valence-electron chi connectivity index (χ3n) is 7.87. The fourth-order valence-electron chi connectivity index (χ4n) is 6.38. The van der Waals surface area contributed by atoms with E-state index in [1.54, 1.807) is 0 Å². The molecule has 37 heavy (non-hydrogen) atoms. The number of aromatic nitrogens is 2. The SMILES string of the molecule is CC(C)N(CC(O)Cn1c2ccccc2c2c3c(c4c5ccccc5n(C)c4c21)C(=O)NC3=O)C(C)C. The summed E-state index contributed by atoms with van der Waals surface area (Å²) >= 11 is 0. The van der Waals surface area contributed by atoms with Crippen molar-refractivity contribution >= 4 is 55.4 Å². The molecule has 0 spiro atoms. The lowest BCUT2D eigenvalue weighted by Gasteiger charge is -2.32. The first-order valence-electron chi connectivity index (χ1n) is 12.9. The van der Waals surface area contributed by atoms with Crippen LogP contribution in [0.25, 0.3) is 43.6 Å². The summed E-state index contributed by atoms with van der Waals surface area (Å²) in [5, 5.41) is 17.3. The quantitative estimate of drug-likeness (QED) is 0.331. The van der Waals surface area contributed by atoms with E-state index in [2.05, 4.69) is 47.0 Å². The molecule has 0 saturated heterocycles. The molecule has 7 heteroatoms. The molecule has 0 bridgehead atoms. The average molecular weight is 497 g/mol. The van der Waals surface area contributed by atoms with E-state index in [1.165, 1.54) is 0 Å². The molecule has 190 valence electrons. The standard InChI is InChI=1S/C30H32N4O3/c1-16(2)33(17(3)4)14-18(35)15-34-22-13-9-7-11-20(22)24-26-25(29(36)31-30(26)37)23-19-10-6-8-12-21(19)32(5)27(23)28(24)34/h6-13,16-18,35H,14-15H2,1-5H3,(H,31,36,37). The smallest absolute Gasteiger partial charge is 0.259 e. The summed E-state index contributed by atoms with van der Waals surface area (Å²) in [4.78, 5) is 28.7. The Labute approximate surface area is 215 Å². The van der Waals surface area contributed by atoms with Gasteiger partial charge < -0.3 is 14.2 Å². The molecule has 2 aromatic heterocycles. The Hall–Kier alpha value is -3.68. The van der Waals surface area contributed by atoms with Crippen LogP contribution in [0, 0.1) is 0 Å². The monoisotopic (exact) mass is 496 g/mol. The number of aryl methyl sites for hydroxylation is 1. The zero-order valence-corrected chi connectivity index (χ0v) is 21.9. The topological polar surface area (TPSA) is 79.5 Å². The number of aliphatic hydroxyl groups is 1. The van der Waals surface area contributed by atoms with Crippen LogP contribution in [0.1, 0.15) is 48.4 Å². The number of imide groups is 1. The number of benzene rings is 3. The Bertz CT molecular complexity index is 1730. The minimum atomic E-state index is -0.628. The largest absolute Gasteiger partial charge is 0.390 e. The number of rotatable bonds is 6. The van der Waals surface area contributed by atoms with Crippen molar-refractivity contribution in [2.24, 2.45) is 7.05 Å². The van der Waals surface area contributed by atoms with Gasteiger partial charge in [-0.2, -0.15) is 0 Å². The highest BCUT2D eigenvalue weighted by Gasteiger charge is 2.36. The molecule has 2 amide bonds. The van der Waals surface area contributed by atoms with E-state index < -0.39 is 6.10 Å². The predicted octanol–water partition coefficient (Wildman–Crippen LogP) is 4.80. The van der Waals surface area contributed by atoms with Gasteiger partial charge in [0.25, 0.3) is 11.8 Å². The van der Waals surface area contributed by atoms with Gasteiger partial charge in [0.15, 0.2) is 0 Å². The Morgan fingerprint density at radius 1 is 0.811 bits per heavy atom. The fourth-order valence-corrected chi connectivity index (χ4v) is 6.38. The van der Waals surface area contributed by atoms with E-state index in [-0.39, 0.29) is 11.8 Å². The van der Waals surface area contributed by atoms with Crippen LogP contribution >= 0.6 is 0 Å². The maximum absolute atomic E-state index is 13.2. The second kappa shape index (κ2) is 8.43. The number of amides is 2. The van der Waals surface area contributed by atoms with Crippen molar-refractivity contribution in [1.29, 1.82) is 0 Å². The van der Waals surface area contributed by atoms with Crippen molar-refractivity contribution < 1.29 is 14.7 Å². The maximum atomic E-state index is 13.2. The van der Waals surface area contributed by atoms with Crippen molar-refractivity contribution in [2.75, 3.05) is 6.54 Å². The summed E-state index contributed by atoms with van der Waals surface area (Å²) in [6.07, 6.45) is -0.628. The van der Waals surface area contributed by atoms with Crippen LogP contribution in [-0.2, 0) is 13.6 Å². The van der Waals surface area contributed by atoms with Crippen LogP contribution < -0.4 is 5.32 Å². The highest BCUT2D eigenvalue weighted by molar-refractivity contribution is 6.39. The van der Waals surface area contributed by atoms with Crippen molar-refractivity contribution in [2.45, 2.75) is 52.4 Å². The van der Waals surface area contributed by atoms with Crippen LogP contribution in [0.4, 0.5) is 0 Å². The van der Waals surface area contributed by atoms with Gasteiger partial charge in [-0.15, -0.1) is 0 Å². The van der Waals surface area contributed by atoms with Gasteiger partial charge in [-0.3, -0.25) is 19.8 Å². The first kappa shape index (κ1) is 23.7. The maximum Gasteiger partial charge on any atom is 0.259 e. The van der Waals surface area contributed by atoms with Crippen molar-refractivity contribution in [3.8, 4) is 0 Å². The highest BCUT2D eigenvalue weighted by Crippen LogP contribution is 2.44. The molecule has 1 atom stereocenters. The number of para-hydroxylation sites is 2. The summed E-state index contributed by atoms with van der Waals surface area (Å²) in [5.41, 5.74) is 4.57. The molecular weight excluding hydrogens is 464 g/mol. The molecule has 0 fully saturated rings. The molecule has 3 heterocycles. The molecule has 1 aliphatic rings. The molecule has 0 saturated carbocycles. The first-order chi connectivity index (χ1) is 17.7. The van der Waals surface area contributed by atoms with Gasteiger partial charge in [-0.25, -0.2) is 0 Å². The van der Waals surface area contributed by atoms with Crippen LogP contribution in [-0.4, -0.2) is 55.7 Å². The van der Waals surface area contributed by atoms with E-state index in [0.717, 1.165) is 43.6 Å². The second-order valence-corrected chi connectivity index (χ2v) is 10.7. The van der Waals surface area contributed by atoms with Crippen molar-refractivity contribution in [3.63, 3.8) is 0 Å². The van der Waals surface area contributed by atoms with Gasteiger partial charge in [-0.05, 0) is 39.8 Å². The molecule has 1 aliphatic heterocycles. The van der Waals surface area contributed by atoms with Gasteiger partial charge in [0, 0.05) is 58.3 Å². The molecular formula is C30H32N4O3. The molecule has 1 unspecified atom stereocenters. The fraction of sp³-hybridized carbons (Fsp3) is 0.333. The minimum absolute atomic E-state index is 0.302. The van der Waals surface area contributed by atoms with Gasteiger partial charge >= 0.3 is 0 Å². The summed E-state index contributed by atoms with van der Waals surface area (Å²) in [7, 11) is 2.00. The van der Waals surface area contributed by atoms with E-state index in [4.69, 9.17) is 0 Å². The lowest BCUT2D eigenvalue weighted by Crippen LogP contribution is -2.43. The number of hydrogen-bond donors (Lipinski definition) is 2. The summed E-state index contributed by atoms with van der Waals surface area (Å²) in [6.45, 7) is 9.48. The number of carbonyl (C=O) groups excluding carboxylic acids is 2. The van der Waals surface area contributed by atoms with E-state index in [9.17, 15) is 14.7 Å². The summed E-state index contributed by atoms with van der Waals surface area (Å²) < 4.78 is 4.26. The van der Waals surface area contributed by atoms with Crippen molar-refractivity contribution in [1.82, 2.24) is 19.4 Å². The van der Waals surface area contributed by atoms with Gasteiger partial charge in [0.1, 0.15) is 0 Å². The van der Waals surface area contributed by atoms with E-state index in [1.807, 2.05) is 55.6 Å². The van der Waals surface area contributed by atoms with Gasteiger partial charge in [0.2, 0.25) is 0 Å². The van der Waals surface area contributed by atoms with Crippen molar-refractivity contribution in [3.05, 3.63) is 59.7 Å². The molecule has 0 radical (unpaired) electrons. The summed E-state index contributed by atoms with van der Waals surface area (Å²) in [6, 6.07) is 16.5. The first-order valence-corrected chi connectivity index (χ1v) is 12.9. The van der Waals surface area contributed by atoms with Gasteiger partial charge in [-0.1, -0.05) is 36.4 Å². The highest BCUT2D eigenvalue weighted by atomic mass is 16.3. The molecule has 5 aromatic rings. The zero-order chi connectivity index (χ0) is 26.2. The van der Waals surface area contributed by atoms with Crippen LogP contribution in [0.2, 0.25) is 0 Å². The van der Waals surface area contributed by atoms with Crippen LogP contribution in [0.15, 0.2) is 48.5 Å². The number of nitrogens with zero attached hydrogens (tertiary/aromatic N) is 3. The third kappa shape index (κ3) is 3.34. The number of aliphatic hydroxyl groups excluding tert-OH is 1. The molecule has 0 aliphatic carbocycles. The number of nitrogens with one attached hydrogen (secondary N) is 1. The molecule has 3 aromatic carbocycles. The Balaban J connectivity index is 1.72. The lowest BCUT2D eigenvalue weighted by atomic mass is 9.96. The van der Waals surface area contributed by atoms with Gasteiger partial charge in [0.05, 0.1) is 34.8 Å². The Kier molecular flexibility index (Phi) is 5.40. The Morgan fingerprint density at radius 3 is 1.92 bits per heavy atom. The molecule has 6 rings (SSSR count). The molecule has 7 nitrogen and oxygen atoms in total. The number of fused-ring (bicyclic) bond motifs is 10. The lowest BCUT2D eigenvalue weighted by molar-refractivity contribution is 0.0669. The van der Waals surface area contributed by atoms with E-state index in [0.29, 0.717) is 36.3 Å². The average Bonchev–Trinajstić information content (AvgIpc) is 3.45. The minimum Gasteiger partial charge on any atom is -0.390 e. The molecule has 2 N–H and O–H groups in total.